The second kappa shape index (κ2) is 5.85. The van der Waals surface area contributed by atoms with Crippen LogP contribution in [0.25, 0.3) is 0 Å². The summed E-state index contributed by atoms with van der Waals surface area (Å²) in [5, 5.41) is 8.81. The molecular formula is C10H16N2O5S2. The Hall–Kier alpha value is -1.19. The number of aryl methyl sites for hydroxylation is 1. The van der Waals surface area contributed by atoms with E-state index >= 15 is 0 Å². The fraction of sp³-hybridized carbons (Fsp3) is 0.600. The lowest BCUT2D eigenvalue weighted by Crippen LogP contribution is -2.38. The molecule has 2 N–H and O–H groups in total. The molecule has 108 valence electrons. The number of aromatic nitrogens is 1. The summed E-state index contributed by atoms with van der Waals surface area (Å²) in [7, 11) is -3.96. The van der Waals surface area contributed by atoms with Crippen LogP contribution in [-0.2, 0) is 14.8 Å². The van der Waals surface area contributed by atoms with Gasteiger partial charge in [-0.3, -0.25) is 9.59 Å². The van der Waals surface area contributed by atoms with Crippen LogP contribution in [0, 0.1) is 12.8 Å². The standard InChI is InChI=1S/C10H16N2O5S2/c1-6(2)4-12(5-8(13)14)19(16,17)9-7(3)11-10(15)18-9/h6H,4-5H2,1-3H3,(H,11,15)(H,13,14). The highest BCUT2D eigenvalue weighted by Crippen LogP contribution is 2.21. The van der Waals surface area contributed by atoms with Crippen molar-refractivity contribution in [3.8, 4) is 0 Å². The highest BCUT2D eigenvalue weighted by atomic mass is 32.2. The normalized spacial score (nSPS) is 12.3. The highest BCUT2D eigenvalue weighted by molar-refractivity contribution is 7.91. The first kappa shape index (κ1) is 15.9. The predicted octanol–water partition coefficient (Wildman–Crippen LogP) is 0.476. The molecule has 1 aromatic rings. The summed E-state index contributed by atoms with van der Waals surface area (Å²) in [6.45, 7) is 4.51. The lowest BCUT2D eigenvalue weighted by molar-refractivity contribution is -0.137. The van der Waals surface area contributed by atoms with Crippen molar-refractivity contribution in [2.24, 2.45) is 5.92 Å². The van der Waals surface area contributed by atoms with E-state index in [0.29, 0.717) is 11.3 Å². The molecule has 7 nitrogen and oxygen atoms in total. The Morgan fingerprint density at radius 3 is 2.42 bits per heavy atom. The Balaban J connectivity index is 3.22. The monoisotopic (exact) mass is 308 g/mol. The molecular weight excluding hydrogens is 292 g/mol. The first-order valence-corrected chi connectivity index (χ1v) is 7.82. The van der Waals surface area contributed by atoms with E-state index in [2.05, 4.69) is 4.98 Å². The van der Waals surface area contributed by atoms with Crippen LogP contribution in [0.1, 0.15) is 19.5 Å². The Bertz CT molecular complexity index is 614. The molecule has 1 rings (SSSR count). The van der Waals surface area contributed by atoms with Crippen LogP contribution < -0.4 is 4.87 Å². The van der Waals surface area contributed by atoms with Gasteiger partial charge in [0, 0.05) is 12.2 Å². The van der Waals surface area contributed by atoms with Gasteiger partial charge in [-0.15, -0.1) is 0 Å². The number of carboxylic acid groups (broad SMARTS) is 1. The molecule has 0 bridgehead atoms. The van der Waals surface area contributed by atoms with Gasteiger partial charge < -0.3 is 10.1 Å². The SMILES string of the molecule is Cc1[nH]c(=O)sc1S(=O)(=O)N(CC(=O)O)CC(C)C. The number of nitrogens with zero attached hydrogens (tertiary/aromatic N) is 1. The Morgan fingerprint density at radius 2 is 2.05 bits per heavy atom. The fourth-order valence-electron chi connectivity index (χ4n) is 1.56. The second-order valence-corrected chi connectivity index (χ2v) is 7.63. The number of nitrogens with one attached hydrogen (secondary N) is 1. The minimum atomic E-state index is -3.96. The van der Waals surface area contributed by atoms with Crippen LogP contribution in [0.5, 0.6) is 0 Å². The molecule has 0 aliphatic rings. The number of aliphatic carboxylic acids is 1. The third-order valence-corrected chi connectivity index (χ3v) is 5.63. The maximum absolute atomic E-state index is 12.4. The first-order chi connectivity index (χ1) is 8.64. The average Bonchev–Trinajstić information content (AvgIpc) is 2.56. The number of hydrogen-bond donors (Lipinski definition) is 2. The molecule has 0 aliphatic heterocycles. The fourth-order valence-corrected chi connectivity index (χ4v) is 4.55. The summed E-state index contributed by atoms with van der Waals surface area (Å²) in [6.07, 6.45) is 0. The summed E-state index contributed by atoms with van der Waals surface area (Å²) in [4.78, 5) is 23.9. The van der Waals surface area contributed by atoms with Gasteiger partial charge in [-0.2, -0.15) is 4.31 Å². The zero-order valence-electron chi connectivity index (χ0n) is 10.8. The van der Waals surface area contributed by atoms with Crippen molar-refractivity contribution < 1.29 is 18.3 Å². The molecule has 0 aliphatic carbocycles. The van der Waals surface area contributed by atoms with E-state index in [-0.39, 0.29) is 22.4 Å². The molecule has 0 aromatic carbocycles. The molecule has 0 amide bonds. The summed E-state index contributed by atoms with van der Waals surface area (Å²) in [6, 6.07) is 0. The van der Waals surface area contributed by atoms with Gasteiger partial charge in [0.1, 0.15) is 6.54 Å². The number of carboxylic acids is 1. The molecule has 1 aromatic heterocycles. The van der Waals surface area contributed by atoms with Crippen LogP contribution in [0.2, 0.25) is 0 Å². The molecule has 19 heavy (non-hydrogen) atoms. The van der Waals surface area contributed by atoms with E-state index in [9.17, 15) is 18.0 Å². The topological polar surface area (TPSA) is 108 Å². The van der Waals surface area contributed by atoms with Crippen molar-refractivity contribution in [3.63, 3.8) is 0 Å². The molecule has 0 fully saturated rings. The molecule has 0 unspecified atom stereocenters. The highest BCUT2D eigenvalue weighted by Gasteiger charge is 2.30. The van der Waals surface area contributed by atoms with Crippen LogP contribution >= 0.6 is 11.3 Å². The van der Waals surface area contributed by atoms with Crippen molar-refractivity contribution in [3.05, 3.63) is 15.4 Å². The van der Waals surface area contributed by atoms with Gasteiger partial charge in [-0.1, -0.05) is 25.2 Å². The van der Waals surface area contributed by atoms with E-state index < -0.39 is 27.4 Å². The van der Waals surface area contributed by atoms with Crippen LogP contribution in [0.3, 0.4) is 0 Å². The van der Waals surface area contributed by atoms with Gasteiger partial charge in [0.2, 0.25) is 0 Å². The zero-order valence-corrected chi connectivity index (χ0v) is 12.5. The Morgan fingerprint density at radius 1 is 1.47 bits per heavy atom. The van der Waals surface area contributed by atoms with E-state index in [1.54, 1.807) is 13.8 Å². The quantitative estimate of drug-likeness (QED) is 0.794. The number of sulfonamides is 1. The molecule has 1 heterocycles. The van der Waals surface area contributed by atoms with Gasteiger partial charge in [-0.05, 0) is 12.8 Å². The zero-order chi connectivity index (χ0) is 14.8. The lowest BCUT2D eigenvalue weighted by Gasteiger charge is -2.21. The Kier molecular flexibility index (Phi) is 4.88. The molecule has 0 spiro atoms. The third kappa shape index (κ3) is 3.88. The molecule has 9 heteroatoms. The molecule has 0 saturated carbocycles. The summed E-state index contributed by atoms with van der Waals surface area (Å²) < 4.78 is 25.5. The number of aromatic amines is 1. The van der Waals surface area contributed by atoms with Crippen molar-refractivity contribution >= 4 is 27.3 Å². The lowest BCUT2D eigenvalue weighted by atomic mass is 10.2. The number of H-pyrrole nitrogens is 1. The van der Waals surface area contributed by atoms with Gasteiger partial charge in [0.15, 0.2) is 4.21 Å². The molecule has 0 radical (unpaired) electrons. The van der Waals surface area contributed by atoms with Gasteiger partial charge in [-0.25, -0.2) is 8.42 Å². The summed E-state index contributed by atoms with van der Waals surface area (Å²) in [5.41, 5.74) is 0.231. The van der Waals surface area contributed by atoms with Crippen LogP contribution in [0.4, 0.5) is 0 Å². The molecule has 0 saturated heterocycles. The summed E-state index contributed by atoms with van der Waals surface area (Å²) in [5.74, 6) is -1.25. The van der Waals surface area contributed by atoms with E-state index in [0.717, 1.165) is 4.31 Å². The van der Waals surface area contributed by atoms with Crippen LogP contribution in [-0.4, -0.2) is 41.9 Å². The van der Waals surface area contributed by atoms with Crippen molar-refractivity contribution in [1.82, 2.24) is 9.29 Å². The summed E-state index contributed by atoms with van der Waals surface area (Å²) >= 11 is 0.570. The number of thiazole rings is 1. The minimum absolute atomic E-state index is 0.0231. The van der Waals surface area contributed by atoms with Crippen molar-refractivity contribution in [2.75, 3.05) is 13.1 Å². The smallest absolute Gasteiger partial charge is 0.318 e. The second-order valence-electron chi connectivity index (χ2n) is 4.51. The number of carbonyl (C=O) groups is 1. The third-order valence-electron chi connectivity index (χ3n) is 2.24. The molecule has 0 atom stereocenters. The van der Waals surface area contributed by atoms with E-state index in [1.165, 1.54) is 6.92 Å². The maximum Gasteiger partial charge on any atom is 0.318 e. The minimum Gasteiger partial charge on any atom is -0.480 e. The largest absolute Gasteiger partial charge is 0.480 e. The van der Waals surface area contributed by atoms with Crippen LogP contribution in [0.15, 0.2) is 9.00 Å². The number of hydrogen-bond acceptors (Lipinski definition) is 5. The maximum atomic E-state index is 12.4. The van der Waals surface area contributed by atoms with Gasteiger partial charge in [0.25, 0.3) is 10.0 Å². The first-order valence-electron chi connectivity index (χ1n) is 5.56. The van der Waals surface area contributed by atoms with E-state index in [1.807, 2.05) is 0 Å². The average molecular weight is 308 g/mol. The van der Waals surface area contributed by atoms with E-state index in [4.69, 9.17) is 5.11 Å². The van der Waals surface area contributed by atoms with Crippen molar-refractivity contribution in [2.45, 2.75) is 25.0 Å². The Labute approximate surface area is 114 Å². The predicted molar refractivity (Wildman–Crippen MR) is 70.9 cm³/mol. The number of rotatable bonds is 6. The van der Waals surface area contributed by atoms with Gasteiger partial charge >= 0.3 is 10.8 Å². The van der Waals surface area contributed by atoms with Crippen molar-refractivity contribution in [1.29, 1.82) is 0 Å². The van der Waals surface area contributed by atoms with Gasteiger partial charge in [0.05, 0.1) is 0 Å².